The number of nitrogens with zero attached hydrogens (tertiary/aromatic N) is 2. The molecule has 3 rings (SSSR count). The molecule has 10 heteroatoms. The molecule has 7 nitrogen and oxygen atoms in total. The molecule has 1 aliphatic heterocycles. The highest BCUT2D eigenvalue weighted by Crippen LogP contribution is 2.30. The number of hydrogen-bond acceptors (Lipinski definition) is 5. The van der Waals surface area contributed by atoms with E-state index in [9.17, 15) is 13.2 Å². The zero-order valence-electron chi connectivity index (χ0n) is 16.7. The van der Waals surface area contributed by atoms with E-state index in [1.165, 1.54) is 41.7 Å². The summed E-state index contributed by atoms with van der Waals surface area (Å²) in [6.45, 7) is 5.15. The number of carbonyl (C=O) groups excluding carboxylic acids is 1. The molecule has 0 spiro atoms. The fourth-order valence-corrected chi connectivity index (χ4v) is 5.19. The first-order valence-electron chi connectivity index (χ1n) is 9.43. The number of carbonyl (C=O) groups is 1. The lowest BCUT2D eigenvalue weighted by molar-refractivity contribution is 0.102. The Balaban J connectivity index is 1.87. The van der Waals surface area contributed by atoms with Crippen LogP contribution in [-0.4, -0.2) is 63.4 Å². The molecule has 1 fully saturated rings. The zero-order valence-corrected chi connectivity index (χ0v) is 19.0. The number of hydrogen-bond donors (Lipinski definition) is 1. The summed E-state index contributed by atoms with van der Waals surface area (Å²) < 4.78 is 32.9. The van der Waals surface area contributed by atoms with Crippen LogP contribution in [0.4, 0.5) is 5.69 Å². The number of ether oxygens (including phenoxy) is 1. The molecule has 1 aliphatic rings. The van der Waals surface area contributed by atoms with Gasteiger partial charge in [-0.05, 0) is 42.9 Å². The first kappa shape index (κ1) is 22.8. The minimum absolute atomic E-state index is 0.0887. The van der Waals surface area contributed by atoms with Crippen LogP contribution in [-0.2, 0) is 10.0 Å². The van der Waals surface area contributed by atoms with E-state index in [0.717, 1.165) is 6.54 Å². The lowest BCUT2D eigenvalue weighted by Crippen LogP contribution is -2.48. The third-order valence-corrected chi connectivity index (χ3v) is 7.45. The third kappa shape index (κ3) is 4.90. The molecule has 2 aromatic carbocycles. The number of amides is 1. The Labute approximate surface area is 186 Å². The molecule has 1 amide bonds. The van der Waals surface area contributed by atoms with Gasteiger partial charge in [0.15, 0.2) is 0 Å². The summed E-state index contributed by atoms with van der Waals surface area (Å²) in [5.74, 6) is -0.163. The fourth-order valence-electron chi connectivity index (χ4n) is 3.24. The SMILES string of the molecule is CCN1CCN(S(=O)(=O)c2ccc(OC)c(NC(=O)c3ccc(Cl)cc3Cl)c2)CC1. The lowest BCUT2D eigenvalue weighted by atomic mass is 10.2. The molecule has 0 unspecified atom stereocenters. The van der Waals surface area contributed by atoms with Gasteiger partial charge in [-0.15, -0.1) is 0 Å². The Morgan fingerprint density at radius 1 is 1.10 bits per heavy atom. The molecule has 1 heterocycles. The number of sulfonamides is 1. The van der Waals surface area contributed by atoms with E-state index in [-0.39, 0.29) is 21.2 Å². The van der Waals surface area contributed by atoms with Gasteiger partial charge in [0, 0.05) is 31.2 Å². The van der Waals surface area contributed by atoms with Crippen molar-refractivity contribution in [3.8, 4) is 5.75 Å². The van der Waals surface area contributed by atoms with Crippen LogP contribution in [0.5, 0.6) is 5.75 Å². The highest BCUT2D eigenvalue weighted by Gasteiger charge is 2.29. The first-order valence-corrected chi connectivity index (χ1v) is 11.6. The first-order chi connectivity index (χ1) is 14.3. The van der Waals surface area contributed by atoms with Crippen LogP contribution in [0, 0.1) is 0 Å². The maximum absolute atomic E-state index is 13.1. The van der Waals surface area contributed by atoms with Gasteiger partial charge in [0.1, 0.15) is 5.75 Å². The fraction of sp³-hybridized carbons (Fsp3) is 0.350. The summed E-state index contributed by atoms with van der Waals surface area (Å²) in [7, 11) is -2.26. The molecule has 0 radical (unpaired) electrons. The van der Waals surface area contributed by atoms with Crippen molar-refractivity contribution in [2.24, 2.45) is 0 Å². The Bertz CT molecular complexity index is 1040. The van der Waals surface area contributed by atoms with Crippen LogP contribution in [0.15, 0.2) is 41.3 Å². The molecular formula is C20H23Cl2N3O4S. The van der Waals surface area contributed by atoms with E-state index in [0.29, 0.717) is 37.0 Å². The smallest absolute Gasteiger partial charge is 0.257 e. The predicted molar refractivity (Wildman–Crippen MR) is 118 cm³/mol. The second-order valence-corrected chi connectivity index (χ2v) is 9.56. The number of piperazine rings is 1. The molecule has 162 valence electrons. The number of methoxy groups -OCH3 is 1. The van der Waals surface area contributed by atoms with Crippen molar-refractivity contribution in [3.63, 3.8) is 0 Å². The Hall–Kier alpha value is -1.84. The largest absolute Gasteiger partial charge is 0.495 e. The zero-order chi connectivity index (χ0) is 21.9. The van der Waals surface area contributed by atoms with Crippen molar-refractivity contribution in [3.05, 3.63) is 52.0 Å². The van der Waals surface area contributed by atoms with E-state index in [4.69, 9.17) is 27.9 Å². The van der Waals surface area contributed by atoms with Gasteiger partial charge in [0.05, 0.1) is 28.3 Å². The Morgan fingerprint density at radius 3 is 2.40 bits per heavy atom. The Morgan fingerprint density at radius 2 is 1.80 bits per heavy atom. The average Bonchev–Trinajstić information content (AvgIpc) is 2.73. The van der Waals surface area contributed by atoms with Crippen molar-refractivity contribution in [1.29, 1.82) is 0 Å². The number of likely N-dealkylation sites (N-methyl/N-ethyl adjacent to an activating group) is 1. The topological polar surface area (TPSA) is 79.0 Å². The third-order valence-electron chi connectivity index (χ3n) is 5.01. The van der Waals surface area contributed by atoms with E-state index in [2.05, 4.69) is 17.1 Å². The second-order valence-electron chi connectivity index (χ2n) is 6.78. The highest BCUT2D eigenvalue weighted by molar-refractivity contribution is 7.89. The number of halogens is 2. The van der Waals surface area contributed by atoms with E-state index in [1.807, 2.05) is 0 Å². The van der Waals surface area contributed by atoms with Crippen LogP contribution >= 0.6 is 23.2 Å². The summed E-state index contributed by atoms with van der Waals surface area (Å²) in [4.78, 5) is 15.0. The van der Waals surface area contributed by atoms with Gasteiger partial charge in [-0.2, -0.15) is 4.31 Å². The van der Waals surface area contributed by atoms with Gasteiger partial charge in [-0.25, -0.2) is 8.42 Å². The quantitative estimate of drug-likeness (QED) is 0.696. The molecule has 0 aliphatic carbocycles. The van der Waals surface area contributed by atoms with Crippen molar-refractivity contribution >= 4 is 44.8 Å². The number of benzene rings is 2. The van der Waals surface area contributed by atoms with Gasteiger partial charge < -0.3 is 15.0 Å². The summed E-state index contributed by atoms with van der Waals surface area (Å²) in [6.07, 6.45) is 0. The highest BCUT2D eigenvalue weighted by atomic mass is 35.5. The molecule has 1 N–H and O–H groups in total. The molecule has 2 aromatic rings. The molecule has 0 saturated carbocycles. The minimum Gasteiger partial charge on any atom is -0.495 e. The van der Waals surface area contributed by atoms with Crippen LogP contribution in [0.1, 0.15) is 17.3 Å². The van der Waals surface area contributed by atoms with Crippen LogP contribution in [0.25, 0.3) is 0 Å². The predicted octanol–water partition coefficient (Wildman–Crippen LogP) is 3.58. The van der Waals surface area contributed by atoms with Crippen LogP contribution in [0.3, 0.4) is 0 Å². The monoisotopic (exact) mass is 471 g/mol. The molecule has 30 heavy (non-hydrogen) atoms. The second kappa shape index (κ2) is 9.53. The lowest BCUT2D eigenvalue weighted by Gasteiger charge is -2.33. The molecule has 0 aromatic heterocycles. The summed E-state index contributed by atoms with van der Waals surface area (Å²) in [5, 5.41) is 3.29. The van der Waals surface area contributed by atoms with Crippen LogP contribution < -0.4 is 10.1 Å². The molecule has 0 bridgehead atoms. The summed E-state index contributed by atoms with van der Waals surface area (Å²) in [6, 6.07) is 8.92. The van der Waals surface area contributed by atoms with Gasteiger partial charge in [0.2, 0.25) is 10.0 Å². The standard InChI is InChI=1S/C20H23Cl2N3O4S/c1-3-24-8-10-25(11-9-24)30(27,28)15-5-7-19(29-2)18(13-15)23-20(26)16-6-4-14(21)12-17(16)22/h4-7,12-13H,3,8-11H2,1-2H3,(H,23,26). The van der Waals surface area contributed by atoms with E-state index in [1.54, 1.807) is 6.07 Å². The molecule has 1 saturated heterocycles. The molecule has 0 atom stereocenters. The van der Waals surface area contributed by atoms with E-state index < -0.39 is 15.9 Å². The van der Waals surface area contributed by atoms with Crippen LogP contribution in [0.2, 0.25) is 10.0 Å². The molecular weight excluding hydrogens is 449 g/mol. The normalized spacial score (nSPS) is 15.7. The average molecular weight is 472 g/mol. The van der Waals surface area contributed by atoms with Gasteiger partial charge in [0.25, 0.3) is 5.91 Å². The number of anilines is 1. The van der Waals surface area contributed by atoms with Crippen molar-refractivity contribution < 1.29 is 17.9 Å². The Kier molecular flexibility index (Phi) is 7.26. The summed E-state index contributed by atoms with van der Waals surface area (Å²) in [5.41, 5.74) is 0.453. The van der Waals surface area contributed by atoms with Crippen molar-refractivity contribution in [1.82, 2.24) is 9.21 Å². The van der Waals surface area contributed by atoms with Gasteiger partial charge >= 0.3 is 0 Å². The minimum atomic E-state index is -3.70. The number of nitrogens with one attached hydrogen (secondary N) is 1. The van der Waals surface area contributed by atoms with Crippen molar-refractivity contribution in [2.75, 3.05) is 45.2 Å². The number of rotatable bonds is 6. The maximum Gasteiger partial charge on any atom is 0.257 e. The van der Waals surface area contributed by atoms with E-state index >= 15 is 0 Å². The van der Waals surface area contributed by atoms with Crippen molar-refractivity contribution in [2.45, 2.75) is 11.8 Å². The van der Waals surface area contributed by atoms with Gasteiger partial charge in [-0.3, -0.25) is 4.79 Å². The summed E-state index contributed by atoms with van der Waals surface area (Å²) >= 11 is 12.0. The maximum atomic E-state index is 13.1. The van der Waals surface area contributed by atoms with Gasteiger partial charge in [-0.1, -0.05) is 30.1 Å².